The van der Waals surface area contributed by atoms with E-state index in [-0.39, 0.29) is 6.61 Å². The number of aliphatic hydroxyl groups is 1. The fraction of sp³-hybridized carbons (Fsp3) is 0.455. The molecule has 0 spiro atoms. The molecule has 0 aromatic carbocycles. The molecule has 3 N–H and O–H groups in total. The standard InChI is InChI=1S/C11H16N4OS/c1-7-6-8-9(15(2)4-3-5-16)13-11(12)14-10(8)17-7/h6,16H,3-5H2,1-2H3,(H2,12,13,14). The fourth-order valence-corrected chi connectivity index (χ4v) is 2.63. The van der Waals surface area contributed by atoms with Crippen molar-refractivity contribution in [3.63, 3.8) is 0 Å². The van der Waals surface area contributed by atoms with Gasteiger partial charge in [0.05, 0.1) is 5.39 Å². The molecule has 5 nitrogen and oxygen atoms in total. The number of nitrogen functional groups attached to an aromatic ring is 1. The van der Waals surface area contributed by atoms with Crippen LogP contribution < -0.4 is 10.6 Å². The summed E-state index contributed by atoms with van der Waals surface area (Å²) >= 11 is 1.61. The molecule has 2 aromatic heterocycles. The van der Waals surface area contributed by atoms with Crippen LogP contribution in [0.15, 0.2) is 6.07 Å². The van der Waals surface area contributed by atoms with Crippen LogP contribution in [0.2, 0.25) is 0 Å². The molecule has 2 aromatic rings. The normalized spacial score (nSPS) is 11.0. The van der Waals surface area contributed by atoms with Crippen molar-refractivity contribution in [2.24, 2.45) is 0 Å². The summed E-state index contributed by atoms with van der Waals surface area (Å²) in [5, 5.41) is 9.88. The van der Waals surface area contributed by atoms with Crippen LogP contribution in [-0.2, 0) is 0 Å². The fourth-order valence-electron chi connectivity index (χ4n) is 1.75. The number of hydrogen-bond donors (Lipinski definition) is 2. The van der Waals surface area contributed by atoms with E-state index in [4.69, 9.17) is 10.8 Å². The highest BCUT2D eigenvalue weighted by Crippen LogP contribution is 2.30. The minimum Gasteiger partial charge on any atom is -0.396 e. The Morgan fingerprint density at radius 1 is 1.47 bits per heavy atom. The third-order valence-electron chi connectivity index (χ3n) is 2.53. The molecule has 6 heteroatoms. The Hall–Kier alpha value is -1.40. The summed E-state index contributed by atoms with van der Waals surface area (Å²) in [5.41, 5.74) is 5.71. The van der Waals surface area contributed by atoms with Crippen molar-refractivity contribution in [2.75, 3.05) is 30.8 Å². The van der Waals surface area contributed by atoms with Crippen LogP contribution in [0.25, 0.3) is 10.2 Å². The smallest absolute Gasteiger partial charge is 0.223 e. The lowest BCUT2D eigenvalue weighted by molar-refractivity contribution is 0.290. The molecule has 0 fully saturated rings. The van der Waals surface area contributed by atoms with Crippen molar-refractivity contribution in [3.8, 4) is 0 Å². The molecule has 0 bridgehead atoms. The number of rotatable bonds is 4. The summed E-state index contributed by atoms with van der Waals surface area (Å²) in [6.07, 6.45) is 0.713. The molecule has 0 radical (unpaired) electrons. The molecular weight excluding hydrogens is 236 g/mol. The Labute approximate surface area is 104 Å². The van der Waals surface area contributed by atoms with Gasteiger partial charge in [0, 0.05) is 25.1 Å². The predicted octanol–water partition coefficient (Wildman–Crippen LogP) is 1.40. The summed E-state index contributed by atoms with van der Waals surface area (Å²) in [5.74, 6) is 1.13. The van der Waals surface area contributed by atoms with Crippen LogP contribution in [-0.4, -0.2) is 35.3 Å². The van der Waals surface area contributed by atoms with Gasteiger partial charge in [0.2, 0.25) is 5.95 Å². The summed E-state index contributed by atoms with van der Waals surface area (Å²) in [7, 11) is 1.95. The van der Waals surface area contributed by atoms with Gasteiger partial charge < -0.3 is 15.7 Å². The molecule has 92 valence electrons. The highest BCUT2D eigenvalue weighted by Gasteiger charge is 2.12. The van der Waals surface area contributed by atoms with E-state index in [0.29, 0.717) is 12.4 Å². The lowest BCUT2D eigenvalue weighted by Crippen LogP contribution is -2.21. The highest BCUT2D eigenvalue weighted by molar-refractivity contribution is 7.18. The molecule has 0 amide bonds. The number of fused-ring (bicyclic) bond motifs is 1. The molecule has 0 aliphatic heterocycles. The van der Waals surface area contributed by atoms with Gasteiger partial charge in [-0.1, -0.05) is 0 Å². The van der Waals surface area contributed by atoms with Crippen LogP contribution in [0.3, 0.4) is 0 Å². The minimum atomic E-state index is 0.177. The molecule has 17 heavy (non-hydrogen) atoms. The van der Waals surface area contributed by atoms with Gasteiger partial charge in [-0.15, -0.1) is 11.3 Å². The second-order valence-electron chi connectivity index (χ2n) is 3.98. The van der Waals surface area contributed by atoms with E-state index in [9.17, 15) is 0 Å². The number of aliphatic hydroxyl groups excluding tert-OH is 1. The van der Waals surface area contributed by atoms with E-state index in [1.807, 2.05) is 18.9 Å². The average Bonchev–Trinajstić information content (AvgIpc) is 2.64. The topological polar surface area (TPSA) is 75.3 Å². The van der Waals surface area contributed by atoms with Crippen LogP contribution in [0.5, 0.6) is 0 Å². The summed E-state index contributed by atoms with van der Waals surface area (Å²) < 4.78 is 0. The molecule has 0 atom stereocenters. The monoisotopic (exact) mass is 252 g/mol. The third kappa shape index (κ3) is 2.48. The van der Waals surface area contributed by atoms with Crippen LogP contribution in [0, 0.1) is 6.92 Å². The van der Waals surface area contributed by atoms with Crippen LogP contribution in [0.1, 0.15) is 11.3 Å². The predicted molar refractivity (Wildman–Crippen MR) is 71.5 cm³/mol. The first kappa shape index (κ1) is 12.1. The average molecular weight is 252 g/mol. The van der Waals surface area contributed by atoms with E-state index in [0.717, 1.165) is 22.6 Å². The zero-order valence-corrected chi connectivity index (χ0v) is 10.8. The first-order valence-electron chi connectivity index (χ1n) is 5.47. The Kier molecular flexibility index (Phi) is 3.44. The van der Waals surface area contributed by atoms with E-state index in [1.54, 1.807) is 11.3 Å². The van der Waals surface area contributed by atoms with Gasteiger partial charge in [-0.25, -0.2) is 4.98 Å². The Balaban J connectivity index is 2.43. The van der Waals surface area contributed by atoms with Gasteiger partial charge in [-0.3, -0.25) is 0 Å². The lowest BCUT2D eigenvalue weighted by atomic mass is 10.3. The van der Waals surface area contributed by atoms with Crippen LogP contribution >= 0.6 is 11.3 Å². The molecule has 2 rings (SSSR count). The SMILES string of the molecule is Cc1cc2c(N(C)CCCO)nc(N)nc2s1. The lowest BCUT2D eigenvalue weighted by Gasteiger charge is -2.18. The minimum absolute atomic E-state index is 0.177. The quantitative estimate of drug-likeness (QED) is 0.860. The summed E-state index contributed by atoms with van der Waals surface area (Å²) in [6.45, 7) is 2.97. The van der Waals surface area contributed by atoms with Gasteiger partial charge in [0.1, 0.15) is 10.6 Å². The van der Waals surface area contributed by atoms with Crippen molar-refractivity contribution < 1.29 is 5.11 Å². The maximum atomic E-state index is 8.85. The van der Waals surface area contributed by atoms with Gasteiger partial charge in [0.15, 0.2) is 0 Å². The first-order valence-corrected chi connectivity index (χ1v) is 6.29. The number of nitrogens with two attached hydrogens (primary N) is 1. The highest BCUT2D eigenvalue weighted by atomic mass is 32.1. The molecule has 0 saturated carbocycles. The number of hydrogen-bond acceptors (Lipinski definition) is 6. The molecule has 0 aliphatic rings. The number of nitrogens with zero attached hydrogens (tertiary/aromatic N) is 3. The number of thiophene rings is 1. The van der Waals surface area contributed by atoms with Gasteiger partial charge in [-0.2, -0.15) is 4.98 Å². The Morgan fingerprint density at radius 2 is 2.24 bits per heavy atom. The Bertz CT molecular complexity index is 525. The van der Waals surface area contributed by atoms with Crippen molar-refractivity contribution in [1.82, 2.24) is 9.97 Å². The maximum absolute atomic E-state index is 8.85. The summed E-state index contributed by atoms with van der Waals surface area (Å²) in [6, 6.07) is 2.07. The van der Waals surface area contributed by atoms with Crippen molar-refractivity contribution in [3.05, 3.63) is 10.9 Å². The zero-order chi connectivity index (χ0) is 12.4. The van der Waals surface area contributed by atoms with Crippen molar-refractivity contribution in [1.29, 1.82) is 0 Å². The van der Waals surface area contributed by atoms with E-state index in [2.05, 4.69) is 16.0 Å². The number of aryl methyl sites for hydroxylation is 1. The molecule has 0 saturated heterocycles. The zero-order valence-electron chi connectivity index (χ0n) is 9.97. The van der Waals surface area contributed by atoms with Crippen molar-refractivity contribution in [2.45, 2.75) is 13.3 Å². The van der Waals surface area contributed by atoms with Crippen LogP contribution in [0.4, 0.5) is 11.8 Å². The third-order valence-corrected chi connectivity index (χ3v) is 3.47. The Morgan fingerprint density at radius 3 is 2.94 bits per heavy atom. The van der Waals surface area contributed by atoms with E-state index in [1.165, 1.54) is 4.88 Å². The largest absolute Gasteiger partial charge is 0.396 e. The molecule has 2 heterocycles. The second kappa shape index (κ2) is 4.85. The molecule has 0 aliphatic carbocycles. The second-order valence-corrected chi connectivity index (χ2v) is 5.21. The van der Waals surface area contributed by atoms with Gasteiger partial charge in [-0.05, 0) is 19.4 Å². The van der Waals surface area contributed by atoms with Gasteiger partial charge >= 0.3 is 0 Å². The molecular formula is C11H16N4OS. The first-order chi connectivity index (χ1) is 8.11. The van der Waals surface area contributed by atoms with Gasteiger partial charge in [0.25, 0.3) is 0 Å². The number of anilines is 2. The summed E-state index contributed by atoms with van der Waals surface area (Å²) in [4.78, 5) is 12.6. The maximum Gasteiger partial charge on any atom is 0.223 e. The van der Waals surface area contributed by atoms with E-state index < -0.39 is 0 Å². The van der Waals surface area contributed by atoms with E-state index >= 15 is 0 Å². The number of aromatic nitrogens is 2. The molecule has 0 unspecified atom stereocenters. The van der Waals surface area contributed by atoms with Crippen molar-refractivity contribution >= 4 is 33.3 Å².